The van der Waals surface area contributed by atoms with Crippen molar-refractivity contribution >= 4 is 0 Å². The van der Waals surface area contributed by atoms with Crippen LogP contribution in [-0.4, -0.2) is 25.4 Å². The van der Waals surface area contributed by atoms with Gasteiger partial charge in [-0.3, -0.25) is 0 Å². The van der Waals surface area contributed by atoms with E-state index in [4.69, 9.17) is 4.52 Å². The normalized spacial score (nSPS) is 12.7. The fourth-order valence-corrected chi connectivity index (χ4v) is 1.09. The molecule has 1 N–H and O–H groups in total. The third kappa shape index (κ3) is 1.99. The largest absolute Gasteiger partial charge is 0.385 e. The number of aliphatic hydroxyl groups is 1. The number of aromatic nitrogens is 4. The highest BCUT2D eigenvalue weighted by Gasteiger charge is 2.14. The summed E-state index contributed by atoms with van der Waals surface area (Å²) in [6, 6.07) is 1.71. The lowest BCUT2D eigenvalue weighted by atomic mass is 10.2. The summed E-state index contributed by atoms with van der Waals surface area (Å²) in [7, 11) is 0. The van der Waals surface area contributed by atoms with Crippen LogP contribution in [-0.2, 0) is 0 Å². The first kappa shape index (κ1) is 9.72. The Bertz CT molecular complexity index is 429. The molecule has 2 heterocycles. The molecule has 0 fully saturated rings. The summed E-state index contributed by atoms with van der Waals surface area (Å²) in [6.45, 7) is 1.84. The molecule has 2 aromatic rings. The number of aliphatic hydroxyl groups excluding tert-OH is 1. The second kappa shape index (κ2) is 4.14. The number of hydrogen-bond donors (Lipinski definition) is 1. The van der Waals surface area contributed by atoms with Crippen molar-refractivity contribution in [2.45, 2.75) is 19.4 Å². The average Bonchev–Trinajstić information content (AvgIpc) is 2.78. The van der Waals surface area contributed by atoms with E-state index in [1.54, 1.807) is 6.07 Å². The molecule has 0 saturated heterocycles. The van der Waals surface area contributed by atoms with Gasteiger partial charge in [-0.1, -0.05) is 12.1 Å². The first-order valence-electron chi connectivity index (χ1n) is 4.60. The van der Waals surface area contributed by atoms with Gasteiger partial charge in [-0.05, 0) is 12.5 Å². The van der Waals surface area contributed by atoms with Crippen LogP contribution in [0, 0.1) is 0 Å². The van der Waals surface area contributed by atoms with Crippen LogP contribution in [0.15, 0.2) is 23.0 Å². The molecule has 1 unspecified atom stereocenters. The van der Waals surface area contributed by atoms with Gasteiger partial charge in [0.1, 0.15) is 6.10 Å². The molecule has 2 aromatic heterocycles. The van der Waals surface area contributed by atoms with E-state index in [-0.39, 0.29) is 0 Å². The topological polar surface area (TPSA) is 84.9 Å². The van der Waals surface area contributed by atoms with E-state index in [2.05, 4.69) is 20.3 Å². The Balaban J connectivity index is 2.28. The Hall–Kier alpha value is -1.82. The smallest absolute Gasteiger partial charge is 0.259 e. The molecule has 2 rings (SSSR count). The van der Waals surface area contributed by atoms with Gasteiger partial charge in [-0.25, -0.2) is 0 Å². The van der Waals surface area contributed by atoms with Crippen LogP contribution >= 0.6 is 0 Å². The summed E-state index contributed by atoms with van der Waals surface area (Å²) in [5, 5.41) is 20.5. The summed E-state index contributed by atoms with van der Waals surface area (Å²) in [5.41, 5.74) is 0.687. The lowest BCUT2D eigenvalue weighted by Gasteiger charge is -1.97. The van der Waals surface area contributed by atoms with Gasteiger partial charge in [0.05, 0.1) is 18.0 Å². The Morgan fingerprint density at radius 2 is 2.33 bits per heavy atom. The molecule has 0 saturated carbocycles. The van der Waals surface area contributed by atoms with Gasteiger partial charge in [0.15, 0.2) is 0 Å². The summed E-state index contributed by atoms with van der Waals surface area (Å²) in [4.78, 5) is 4.06. The van der Waals surface area contributed by atoms with E-state index < -0.39 is 6.10 Å². The predicted octanol–water partition coefficient (Wildman–Crippen LogP) is 0.970. The average molecular weight is 206 g/mol. The maximum absolute atomic E-state index is 9.48. The van der Waals surface area contributed by atoms with Gasteiger partial charge in [0, 0.05) is 0 Å². The summed E-state index contributed by atoms with van der Waals surface area (Å²) < 4.78 is 4.98. The highest BCUT2D eigenvalue weighted by Crippen LogP contribution is 2.18. The zero-order chi connectivity index (χ0) is 10.7. The molecule has 0 aromatic carbocycles. The minimum atomic E-state index is -0.683. The first-order chi connectivity index (χ1) is 7.31. The molecule has 0 aliphatic carbocycles. The maximum Gasteiger partial charge on any atom is 0.259 e. The third-order valence-electron chi connectivity index (χ3n) is 1.96. The van der Waals surface area contributed by atoms with Crippen molar-refractivity contribution in [3.8, 4) is 11.5 Å². The summed E-state index contributed by atoms with van der Waals surface area (Å²) in [5.74, 6) is 0.636. The van der Waals surface area contributed by atoms with Crippen molar-refractivity contribution in [2.24, 2.45) is 0 Å². The van der Waals surface area contributed by atoms with Crippen LogP contribution in [0.3, 0.4) is 0 Å². The van der Waals surface area contributed by atoms with Gasteiger partial charge in [-0.2, -0.15) is 15.2 Å². The van der Waals surface area contributed by atoms with E-state index >= 15 is 0 Å². The van der Waals surface area contributed by atoms with Gasteiger partial charge >= 0.3 is 0 Å². The molecule has 6 nitrogen and oxygen atoms in total. The maximum atomic E-state index is 9.48. The van der Waals surface area contributed by atoms with Gasteiger partial charge in [0.2, 0.25) is 5.82 Å². The molecule has 6 heteroatoms. The van der Waals surface area contributed by atoms with Crippen LogP contribution in [0.1, 0.15) is 25.3 Å². The Morgan fingerprint density at radius 1 is 1.47 bits per heavy atom. The predicted molar refractivity (Wildman–Crippen MR) is 50.6 cm³/mol. The highest BCUT2D eigenvalue weighted by molar-refractivity contribution is 5.49. The van der Waals surface area contributed by atoms with Crippen molar-refractivity contribution in [3.05, 3.63) is 24.3 Å². The Kier molecular flexibility index (Phi) is 2.68. The van der Waals surface area contributed by atoms with Gasteiger partial charge in [0.25, 0.3) is 5.89 Å². The Morgan fingerprint density at radius 3 is 3.00 bits per heavy atom. The van der Waals surface area contributed by atoms with Gasteiger partial charge in [-0.15, -0.1) is 0 Å². The van der Waals surface area contributed by atoms with Crippen molar-refractivity contribution in [1.82, 2.24) is 20.3 Å². The molecule has 0 aliphatic rings. The molecule has 78 valence electrons. The second-order valence-corrected chi connectivity index (χ2v) is 3.01. The van der Waals surface area contributed by atoms with Crippen LogP contribution < -0.4 is 0 Å². The third-order valence-corrected chi connectivity index (χ3v) is 1.96. The van der Waals surface area contributed by atoms with Crippen LogP contribution in [0.4, 0.5) is 0 Å². The van der Waals surface area contributed by atoms with E-state index in [9.17, 15) is 5.11 Å². The van der Waals surface area contributed by atoms with E-state index in [0.717, 1.165) is 0 Å². The van der Waals surface area contributed by atoms with Crippen molar-refractivity contribution in [1.29, 1.82) is 0 Å². The lowest BCUT2D eigenvalue weighted by molar-refractivity contribution is 0.159. The number of nitrogens with zero attached hydrogens (tertiary/aromatic N) is 4. The van der Waals surface area contributed by atoms with E-state index in [1.165, 1.54) is 12.4 Å². The van der Waals surface area contributed by atoms with Crippen molar-refractivity contribution in [3.63, 3.8) is 0 Å². The minimum absolute atomic E-state index is 0.296. The van der Waals surface area contributed by atoms with Crippen LogP contribution in [0.25, 0.3) is 11.5 Å². The first-order valence-corrected chi connectivity index (χ1v) is 4.60. The monoisotopic (exact) mass is 206 g/mol. The SMILES string of the molecule is CCC(O)c1noc(-c2ccnnc2)n1. The minimum Gasteiger partial charge on any atom is -0.385 e. The molecule has 0 amide bonds. The number of hydrogen-bond acceptors (Lipinski definition) is 6. The summed E-state index contributed by atoms with van der Waals surface area (Å²) in [6.07, 6.45) is 2.93. The molecule has 0 aliphatic heterocycles. The Labute approximate surface area is 86.0 Å². The quantitative estimate of drug-likeness (QED) is 0.805. The molecular formula is C9H10N4O2. The van der Waals surface area contributed by atoms with E-state index in [0.29, 0.717) is 23.7 Å². The highest BCUT2D eigenvalue weighted by atomic mass is 16.5. The second-order valence-electron chi connectivity index (χ2n) is 3.01. The van der Waals surface area contributed by atoms with Crippen LogP contribution in [0.2, 0.25) is 0 Å². The van der Waals surface area contributed by atoms with Crippen molar-refractivity contribution < 1.29 is 9.63 Å². The molecule has 0 radical (unpaired) electrons. The fraction of sp³-hybridized carbons (Fsp3) is 0.333. The standard InChI is InChI=1S/C9H10N4O2/c1-2-7(14)8-12-9(15-13-8)6-3-4-10-11-5-6/h3-5,7,14H,2H2,1H3. The molecule has 0 bridgehead atoms. The zero-order valence-corrected chi connectivity index (χ0v) is 8.16. The molecule has 0 spiro atoms. The molecular weight excluding hydrogens is 196 g/mol. The van der Waals surface area contributed by atoms with Crippen molar-refractivity contribution in [2.75, 3.05) is 0 Å². The number of rotatable bonds is 3. The fourth-order valence-electron chi connectivity index (χ4n) is 1.09. The van der Waals surface area contributed by atoms with Crippen LogP contribution in [0.5, 0.6) is 0 Å². The molecule has 1 atom stereocenters. The lowest BCUT2D eigenvalue weighted by Crippen LogP contribution is -1.97. The van der Waals surface area contributed by atoms with E-state index in [1.807, 2.05) is 6.92 Å². The molecule has 15 heavy (non-hydrogen) atoms. The zero-order valence-electron chi connectivity index (χ0n) is 8.16. The van der Waals surface area contributed by atoms with Gasteiger partial charge < -0.3 is 9.63 Å². The summed E-state index contributed by atoms with van der Waals surface area (Å²) >= 11 is 0.